The standard InChI is InChI=1S/C37H28N2OS/c1-4-13-28(14-5-1)41(29-15-6-2-7-16-29,30-17-8-3-9-18-30)31-25-23-27(24-26-31)37-38-32-19-12-22-35-36(32)39(37)33-20-10-11-21-34(33)40-35/h1-17,19-26,30H,18H2. The highest BCUT2D eigenvalue weighted by Crippen LogP contribution is 2.72. The maximum absolute atomic E-state index is 6.26. The largest absolute Gasteiger partial charge is 0.453 e. The monoisotopic (exact) mass is 548 g/mol. The third-order valence-corrected chi connectivity index (χ3v) is 12.4. The number of para-hydroxylation sites is 3. The van der Waals surface area contributed by atoms with Crippen LogP contribution in [-0.2, 0) is 0 Å². The summed E-state index contributed by atoms with van der Waals surface area (Å²) < 4.78 is 8.51. The molecule has 0 radical (unpaired) electrons. The number of imidazole rings is 1. The Morgan fingerprint density at radius 3 is 2.00 bits per heavy atom. The highest BCUT2D eigenvalue weighted by atomic mass is 32.3. The number of nitrogens with zero attached hydrogens (tertiary/aromatic N) is 2. The van der Waals surface area contributed by atoms with Gasteiger partial charge in [-0.3, -0.25) is 4.57 Å². The lowest BCUT2D eigenvalue weighted by Crippen LogP contribution is -2.19. The number of hydrogen-bond acceptors (Lipinski definition) is 2. The molecular formula is C37H28N2OS. The molecule has 6 aromatic rings. The summed E-state index contributed by atoms with van der Waals surface area (Å²) in [5.74, 6) is 2.61. The van der Waals surface area contributed by atoms with Gasteiger partial charge in [0.05, 0.1) is 11.2 Å². The number of fused-ring (bicyclic) bond motifs is 2. The molecule has 3 nitrogen and oxygen atoms in total. The lowest BCUT2D eigenvalue weighted by Gasteiger charge is -2.47. The molecular weight excluding hydrogens is 520 g/mol. The molecule has 198 valence electrons. The highest BCUT2D eigenvalue weighted by Gasteiger charge is 2.37. The Bertz CT molecular complexity index is 1900. The molecule has 41 heavy (non-hydrogen) atoms. The van der Waals surface area contributed by atoms with Crippen LogP contribution in [-0.4, -0.2) is 14.8 Å². The van der Waals surface area contributed by atoms with Gasteiger partial charge in [0.2, 0.25) is 0 Å². The van der Waals surface area contributed by atoms with E-state index in [2.05, 4.69) is 132 Å². The van der Waals surface area contributed by atoms with Gasteiger partial charge in [0.15, 0.2) is 11.5 Å². The van der Waals surface area contributed by atoms with E-state index >= 15 is 0 Å². The smallest absolute Gasteiger partial charge is 0.153 e. The maximum Gasteiger partial charge on any atom is 0.153 e. The average Bonchev–Trinajstić information content (AvgIpc) is 3.45. The van der Waals surface area contributed by atoms with E-state index in [4.69, 9.17) is 9.72 Å². The number of hydrogen-bond donors (Lipinski definition) is 0. The maximum atomic E-state index is 6.26. The van der Waals surface area contributed by atoms with Crippen LogP contribution in [0.1, 0.15) is 6.42 Å². The molecule has 1 aromatic heterocycles. The SMILES string of the molecule is C1=CCC(S(c2ccccc2)(c2ccccc2)c2ccc(-c3nc4cccc5c4n3-c3ccccc3O5)cc2)C=C1. The van der Waals surface area contributed by atoms with Crippen molar-refractivity contribution in [3.05, 3.63) is 152 Å². The van der Waals surface area contributed by atoms with Crippen molar-refractivity contribution in [3.8, 4) is 28.6 Å². The lowest BCUT2D eigenvalue weighted by molar-refractivity contribution is 0.476. The summed E-state index contributed by atoms with van der Waals surface area (Å²) in [7, 11) is -1.60. The number of rotatable bonds is 5. The van der Waals surface area contributed by atoms with Gasteiger partial charge in [-0.2, -0.15) is 10.0 Å². The second-order valence-electron chi connectivity index (χ2n) is 10.4. The van der Waals surface area contributed by atoms with Gasteiger partial charge in [-0.1, -0.05) is 91.0 Å². The Kier molecular flexibility index (Phi) is 5.68. The Labute approximate surface area is 241 Å². The normalized spacial score (nSPS) is 15.9. The minimum Gasteiger partial charge on any atom is -0.453 e. The van der Waals surface area contributed by atoms with Crippen molar-refractivity contribution in [1.82, 2.24) is 9.55 Å². The van der Waals surface area contributed by atoms with Crippen LogP contribution in [0, 0.1) is 0 Å². The van der Waals surface area contributed by atoms with E-state index in [1.807, 2.05) is 24.3 Å². The first-order chi connectivity index (χ1) is 20.3. The molecule has 0 spiro atoms. The van der Waals surface area contributed by atoms with Crippen LogP contribution in [0.25, 0.3) is 28.1 Å². The van der Waals surface area contributed by atoms with Crippen molar-refractivity contribution in [1.29, 1.82) is 0 Å². The Morgan fingerprint density at radius 1 is 0.634 bits per heavy atom. The van der Waals surface area contributed by atoms with E-state index in [1.165, 1.54) is 14.7 Å². The number of allylic oxidation sites excluding steroid dienone is 3. The van der Waals surface area contributed by atoms with E-state index in [9.17, 15) is 0 Å². The summed E-state index contributed by atoms with van der Waals surface area (Å²) in [5, 5.41) is 0.352. The van der Waals surface area contributed by atoms with Gasteiger partial charge >= 0.3 is 0 Å². The predicted molar refractivity (Wildman–Crippen MR) is 169 cm³/mol. The zero-order valence-electron chi connectivity index (χ0n) is 22.4. The number of benzene rings is 5. The van der Waals surface area contributed by atoms with Crippen LogP contribution in [0.4, 0.5) is 0 Å². The Hall–Kier alpha value is -4.80. The molecule has 0 saturated carbocycles. The topological polar surface area (TPSA) is 27.1 Å². The zero-order chi connectivity index (χ0) is 27.2. The molecule has 0 fully saturated rings. The first-order valence-electron chi connectivity index (χ1n) is 14.0. The molecule has 2 aliphatic rings. The molecule has 0 saturated heterocycles. The number of aromatic nitrogens is 2. The molecule has 1 aliphatic carbocycles. The van der Waals surface area contributed by atoms with Gasteiger partial charge in [-0.15, -0.1) is 0 Å². The predicted octanol–water partition coefficient (Wildman–Crippen LogP) is 9.96. The van der Waals surface area contributed by atoms with Gasteiger partial charge < -0.3 is 4.74 Å². The van der Waals surface area contributed by atoms with Crippen LogP contribution in [0.15, 0.2) is 166 Å². The van der Waals surface area contributed by atoms with Gasteiger partial charge in [0, 0.05) is 10.8 Å². The summed E-state index contributed by atoms with van der Waals surface area (Å²) in [6.45, 7) is 0. The molecule has 8 rings (SSSR count). The molecule has 0 N–H and O–H groups in total. The zero-order valence-corrected chi connectivity index (χ0v) is 23.2. The summed E-state index contributed by atoms with van der Waals surface area (Å²) in [6, 6.07) is 45.7. The van der Waals surface area contributed by atoms with Crippen molar-refractivity contribution in [2.75, 3.05) is 0 Å². The van der Waals surface area contributed by atoms with Gasteiger partial charge in [-0.05, 0) is 81.8 Å². The third-order valence-electron chi connectivity index (χ3n) is 8.08. The van der Waals surface area contributed by atoms with Crippen LogP contribution >= 0.6 is 10.0 Å². The van der Waals surface area contributed by atoms with Gasteiger partial charge in [-0.25, -0.2) is 4.98 Å². The minimum absolute atomic E-state index is 0.352. The second-order valence-corrected chi connectivity index (χ2v) is 13.7. The molecule has 2 heterocycles. The van der Waals surface area contributed by atoms with Crippen LogP contribution in [0.2, 0.25) is 0 Å². The summed E-state index contributed by atoms with van der Waals surface area (Å²) >= 11 is 0. The molecule has 4 heteroatoms. The van der Waals surface area contributed by atoms with Crippen molar-refractivity contribution < 1.29 is 4.74 Å². The van der Waals surface area contributed by atoms with Crippen LogP contribution < -0.4 is 4.74 Å². The molecule has 1 aliphatic heterocycles. The van der Waals surface area contributed by atoms with Gasteiger partial charge in [0.1, 0.15) is 11.3 Å². The molecule has 0 amide bonds. The Morgan fingerprint density at radius 2 is 1.29 bits per heavy atom. The molecule has 0 bridgehead atoms. The van der Waals surface area contributed by atoms with Gasteiger partial charge in [0.25, 0.3) is 0 Å². The Balaban J connectivity index is 1.34. The van der Waals surface area contributed by atoms with Crippen molar-refractivity contribution in [2.24, 2.45) is 0 Å². The number of ether oxygens (including phenoxy) is 1. The summed E-state index contributed by atoms with van der Waals surface area (Å²) in [6.07, 6.45) is 10.1. The summed E-state index contributed by atoms with van der Waals surface area (Å²) in [4.78, 5) is 9.22. The third kappa shape index (κ3) is 3.71. The van der Waals surface area contributed by atoms with Crippen molar-refractivity contribution in [3.63, 3.8) is 0 Å². The fourth-order valence-electron chi connectivity index (χ4n) is 6.29. The van der Waals surface area contributed by atoms with E-state index in [0.29, 0.717) is 5.25 Å². The van der Waals surface area contributed by atoms with E-state index in [1.54, 1.807) is 0 Å². The second kappa shape index (κ2) is 9.69. The highest BCUT2D eigenvalue weighted by molar-refractivity contribution is 8.34. The molecule has 5 aromatic carbocycles. The van der Waals surface area contributed by atoms with E-state index < -0.39 is 10.0 Å². The molecule has 1 unspecified atom stereocenters. The van der Waals surface area contributed by atoms with Crippen molar-refractivity contribution >= 4 is 21.1 Å². The summed E-state index contributed by atoms with van der Waals surface area (Å²) in [5.41, 5.74) is 4.04. The fraction of sp³-hybridized carbons (Fsp3) is 0.0541. The quantitative estimate of drug-likeness (QED) is 0.214. The molecule has 1 atom stereocenters. The van der Waals surface area contributed by atoms with Crippen LogP contribution in [0.3, 0.4) is 0 Å². The lowest BCUT2D eigenvalue weighted by atomic mass is 10.2. The first-order valence-corrected chi connectivity index (χ1v) is 15.7. The van der Waals surface area contributed by atoms with E-state index in [0.717, 1.165) is 46.0 Å². The minimum atomic E-state index is -1.60. The fourth-order valence-corrected chi connectivity index (χ4v) is 10.6. The average molecular weight is 549 g/mol. The van der Waals surface area contributed by atoms with Crippen molar-refractivity contribution in [2.45, 2.75) is 26.4 Å². The van der Waals surface area contributed by atoms with Crippen LogP contribution in [0.5, 0.6) is 11.5 Å². The first kappa shape index (κ1) is 24.0. The van der Waals surface area contributed by atoms with E-state index in [-0.39, 0.29) is 0 Å².